The summed E-state index contributed by atoms with van der Waals surface area (Å²) < 4.78 is 0. The summed E-state index contributed by atoms with van der Waals surface area (Å²) in [6.45, 7) is 0.236. The third-order valence-electron chi connectivity index (χ3n) is 3.75. The summed E-state index contributed by atoms with van der Waals surface area (Å²) in [5.74, 6) is -0.500. The molecule has 0 aliphatic rings. The number of carbonyl (C=O) groups is 1. The number of rotatable bonds is 5. The Morgan fingerprint density at radius 2 is 1.79 bits per heavy atom. The van der Waals surface area contributed by atoms with Gasteiger partial charge in [0.05, 0.1) is 12.1 Å². The number of aromatic amines is 1. The van der Waals surface area contributed by atoms with Crippen molar-refractivity contribution in [2.45, 2.75) is 6.54 Å². The number of aromatic nitrogens is 2. The maximum absolute atomic E-state index is 12.7. The van der Waals surface area contributed by atoms with Gasteiger partial charge in [-0.3, -0.25) is 14.7 Å². The molecular weight excluding hydrogens is 306 g/mol. The molecule has 24 heavy (non-hydrogen) atoms. The summed E-state index contributed by atoms with van der Waals surface area (Å²) in [6, 6.07) is 16.3. The van der Waals surface area contributed by atoms with Gasteiger partial charge < -0.3 is 10.0 Å². The molecule has 2 aromatic carbocycles. The number of amides is 1. The molecule has 0 aliphatic carbocycles. The van der Waals surface area contributed by atoms with Gasteiger partial charge in [0.25, 0.3) is 5.91 Å². The average molecular weight is 323 g/mol. The van der Waals surface area contributed by atoms with E-state index in [0.29, 0.717) is 17.4 Å². The monoisotopic (exact) mass is 323 g/mol. The molecule has 0 radical (unpaired) electrons. The van der Waals surface area contributed by atoms with E-state index in [1.54, 1.807) is 24.3 Å². The molecule has 0 unspecified atom stereocenters. The Hall–Kier alpha value is -2.99. The molecule has 0 bridgehead atoms. The molecule has 0 saturated carbocycles. The van der Waals surface area contributed by atoms with Gasteiger partial charge in [0, 0.05) is 18.5 Å². The van der Waals surface area contributed by atoms with Gasteiger partial charge in [-0.25, -0.2) is 0 Å². The largest absolute Gasteiger partial charge is 0.395 e. The first-order chi connectivity index (χ1) is 11.7. The molecule has 1 heterocycles. The number of aliphatic hydroxyl groups excluding tert-OH is 1. The van der Waals surface area contributed by atoms with Crippen LogP contribution in [0.25, 0.3) is 10.9 Å². The van der Waals surface area contributed by atoms with Crippen molar-refractivity contribution in [3.63, 3.8) is 0 Å². The topological polar surface area (TPSA) is 86.3 Å². The second kappa shape index (κ2) is 7.06. The van der Waals surface area contributed by atoms with Crippen LogP contribution in [0.1, 0.15) is 16.1 Å². The van der Waals surface area contributed by atoms with Gasteiger partial charge in [-0.05, 0) is 17.7 Å². The van der Waals surface area contributed by atoms with Gasteiger partial charge in [0.2, 0.25) is 5.43 Å². The van der Waals surface area contributed by atoms with E-state index in [4.69, 9.17) is 0 Å². The number of fused-ring (bicyclic) bond motifs is 1. The molecule has 0 saturated heterocycles. The summed E-state index contributed by atoms with van der Waals surface area (Å²) in [6.07, 6.45) is 0. The maximum atomic E-state index is 12.7. The predicted molar refractivity (Wildman–Crippen MR) is 90.6 cm³/mol. The van der Waals surface area contributed by atoms with Crippen LogP contribution in [0, 0.1) is 0 Å². The van der Waals surface area contributed by atoms with Crippen LogP contribution in [-0.2, 0) is 6.54 Å². The van der Waals surface area contributed by atoms with Gasteiger partial charge >= 0.3 is 0 Å². The first-order valence-corrected chi connectivity index (χ1v) is 7.62. The van der Waals surface area contributed by atoms with Gasteiger partial charge in [-0.2, -0.15) is 5.10 Å². The number of hydrogen-bond donors (Lipinski definition) is 2. The van der Waals surface area contributed by atoms with Gasteiger partial charge in [-0.15, -0.1) is 0 Å². The summed E-state index contributed by atoms with van der Waals surface area (Å²) >= 11 is 0. The van der Waals surface area contributed by atoms with Crippen LogP contribution in [-0.4, -0.2) is 39.3 Å². The molecule has 6 nitrogen and oxygen atoms in total. The van der Waals surface area contributed by atoms with E-state index in [0.717, 1.165) is 5.56 Å². The number of nitrogens with one attached hydrogen (secondary N) is 1. The molecule has 3 aromatic rings. The third kappa shape index (κ3) is 3.18. The lowest BCUT2D eigenvalue weighted by atomic mass is 10.1. The van der Waals surface area contributed by atoms with Crippen LogP contribution < -0.4 is 5.43 Å². The van der Waals surface area contributed by atoms with E-state index in [1.807, 2.05) is 30.3 Å². The predicted octanol–water partition coefficient (Wildman–Crippen LogP) is 1.56. The molecule has 0 fully saturated rings. The van der Waals surface area contributed by atoms with Crippen LogP contribution in [0.3, 0.4) is 0 Å². The molecule has 0 spiro atoms. The molecule has 1 amide bonds. The molecule has 122 valence electrons. The summed E-state index contributed by atoms with van der Waals surface area (Å²) in [7, 11) is 0. The third-order valence-corrected chi connectivity index (χ3v) is 3.75. The minimum absolute atomic E-state index is 0.127. The molecule has 6 heteroatoms. The lowest BCUT2D eigenvalue weighted by molar-refractivity contribution is 0.0699. The highest BCUT2D eigenvalue weighted by Crippen LogP contribution is 2.09. The van der Waals surface area contributed by atoms with Gasteiger partial charge in [0.1, 0.15) is 0 Å². The number of hydrogen-bond acceptors (Lipinski definition) is 4. The van der Waals surface area contributed by atoms with E-state index in [9.17, 15) is 14.7 Å². The van der Waals surface area contributed by atoms with E-state index >= 15 is 0 Å². The Balaban J connectivity index is 1.95. The molecule has 3 rings (SSSR count). The Morgan fingerprint density at radius 3 is 2.54 bits per heavy atom. The van der Waals surface area contributed by atoms with Crippen LogP contribution in [0.5, 0.6) is 0 Å². The fraction of sp³-hybridized carbons (Fsp3) is 0.167. The average Bonchev–Trinajstić information content (AvgIpc) is 2.62. The smallest absolute Gasteiger partial charge is 0.278 e. The zero-order valence-electron chi connectivity index (χ0n) is 13.0. The zero-order chi connectivity index (χ0) is 16.9. The highest BCUT2D eigenvalue weighted by Gasteiger charge is 2.21. The maximum Gasteiger partial charge on any atom is 0.278 e. The quantitative estimate of drug-likeness (QED) is 0.746. The second-order valence-electron chi connectivity index (χ2n) is 5.38. The number of para-hydroxylation sites is 1. The van der Waals surface area contributed by atoms with Crippen molar-refractivity contribution in [3.05, 3.63) is 76.1 Å². The van der Waals surface area contributed by atoms with Gasteiger partial charge in [0.15, 0.2) is 5.69 Å². The van der Waals surface area contributed by atoms with Crippen molar-refractivity contribution < 1.29 is 9.90 Å². The van der Waals surface area contributed by atoms with E-state index < -0.39 is 11.3 Å². The van der Waals surface area contributed by atoms with Crippen molar-refractivity contribution >= 4 is 16.8 Å². The number of benzene rings is 2. The van der Waals surface area contributed by atoms with Crippen LogP contribution >= 0.6 is 0 Å². The van der Waals surface area contributed by atoms with Crippen molar-refractivity contribution in [2.24, 2.45) is 0 Å². The van der Waals surface area contributed by atoms with Crippen LogP contribution in [0.4, 0.5) is 0 Å². The number of nitrogens with zero attached hydrogens (tertiary/aromatic N) is 2. The fourth-order valence-electron chi connectivity index (χ4n) is 2.54. The zero-order valence-corrected chi connectivity index (χ0v) is 13.0. The van der Waals surface area contributed by atoms with E-state index in [-0.39, 0.29) is 18.8 Å². The Bertz CT molecular complexity index is 906. The van der Waals surface area contributed by atoms with Crippen molar-refractivity contribution in [1.82, 2.24) is 15.1 Å². The molecule has 1 aromatic heterocycles. The number of H-pyrrole nitrogens is 1. The summed E-state index contributed by atoms with van der Waals surface area (Å²) in [5.41, 5.74) is 0.913. The molecule has 0 aliphatic heterocycles. The van der Waals surface area contributed by atoms with Crippen LogP contribution in [0.15, 0.2) is 59.4 Å². The summed E-state index contributed by atoms with van der Waals surface area (Å²) in [4.78, 5) is 26.7. The molecular formula is C18H17N3O3. The Kier molecular flexibility index (Phi) is 4.67. The fourth-order valence-corrected chi connectivity index (χ4v) is 2.54. The number of aliphatic hydroxyl groups is 1. The van der Waals surface area contributed by atoms with Crippen molar-refractivity contribution in [1.29, 1.82) is 0 Å². The van der Waals surface area contributed by atoms with E-state index in [2.05, 4.69) is 10.2 Å². The van der Waals surface area contributed by atoms with Crippen molar-refractivity contribution in [2.75, 3.05) is 13.2 Å². The first-order valence-electron chi connectivity index (χ1n) is 7.62. The Labute approximate surface area is 138 Å². The summed E-state index contributed by atoms with van der Waals surface area (Å²) in [5, 5.41) is 16.4. The standard InChI is InChI=1S/C18H17N3O3/c22-11-10-21(12-13-6-2-1-3-7-13)18(24)16-17(23)14-8-4-5-9-15(14)19-20-16/h1-9,22H,10-12H2,(H,19,23). The minimum Gasteiger partial charge on any atom is -0.395 e. The SMILES string of the molecule is O=C(c1n[nH]c2ccccc2c1=O)N(CCO)Cc1ccccc1. The second-order valence-corrected chi connectivity index (χ2v) is 5.38. The van der Waals surface area contributed by atoms with Crippen LogP contribution in [0.2, 0.25) is 0 Å². The molecule has 0 atom stereocenters. The van der Waals surface area contributed by atoms with E-state index in [1.165, 1.54) is 4.90 Å². The lowest BCUT2D eigenvalue weighted by Crippen LogP contribution is -2.37. The normalized spacial score (nSPS) is 10.7. The highest BCUT2D eigenvalue weighted by atomic mass is 16.3. The highest BCUT2D eigenvalue weighted by molar-refractivity contribution is 5.95. The number of carbonyl (C=O) groups excluding carboxylic acids is 1. The minimum atomic E-state index is -0.500. The lowest BCUT2D eigenvalue weighted by Gasteiger charge is -2.21. The Morgan fingerprint density at radius 1 is 1.08 bits per heavy atom. The van der Waals surface area contributed by atoms with Gasteiger partial charge in [-0.1, -0.05) is 42.5 Å². The molecule has 2 N–H and O–H groups in total. The first kappa shape index (κ1) is 15.9. The van der Waals surface area contributed by atoms with Crippen molar-refractivity contribution in [3.8, 4) is 0 Å².